The SMILES string of the molecule is CCCS(=O)(=O)NCCOc1cccc(OC)c1. The van der Waals surface area contributed by atoms with Gasteiger partial charge in [-0.2, -0.15) is 0 Å². The highest BCUT2D eigenvalue weighted by atomic mass is 32.2. The zero-order valence-electron chi connectivity index (χ0n) is 10.7. The molecule has 1 rings (SSSR count). The predicted molar refractivity (Wildman–Crippen MR) is 70.6 cm³/mol. The zero-order valence-corrected chi connectivity index (χ0v) is 11.5. The lowest BCUT2D eigenvalue weighted by Gasteiger charge is -2.08. The first-order valence-electron chi connectivity index (χ1n) is 5.81. The minimum absolute atomic E-state index is 0.145. The third-order valence-corrected chi connectivity index (χ3v) is 3.80. The van der Waals surface area contributed by atoms with E-state index in [1.807, 2.05) is 19.1 Å². The van der Waals surface area contributed by atoms with Crippen LogP contribution >= 0.6 is 0 Å². The summed E-state index contributed by atoms with van der Waals surface area (Å²) in [5.74, 6) is 1.51. The van der Waals surface area contributed by atoms with Gasteiger partial charge in [-0.05, 0) is 18.6 Å². The predicted octanol–water partition coefficient (Wildman–Crippen LogP) is 1.40. The summed E-state index contributed by atoms with van der Waals surface area (Å²) in [5.41, 5.74) is 0. The highest BCUT2D eigenvalue weighted by Gasteiger charge is 2.07. The van der Waals surface area contributed by atoms with Gasteiger partial charge < -0.3 is 9.47 Å². The van der Waals surface area contributed by atoms with E-state index in [2.05, 4.69) is 4.72 Å². The molecule has 0 unspecified atom stereocenters. The van der Waals surface area contributed by atoms with E-state index in [1.54, 1.807) is 19.2 Å². The maximum absolute atomic E-state index is 11.4. The van der Waals surface area contributed by atoms with E-state index in [0.29, 0.717) is 17.9 Å². The molecule has 0 atom stereocenters. The normalized spacial score (nSPS) is 11.2. The molecule has 0 spiro atoms. The van der Waals surface area contributed by atoms with Crippen LogP contribution in [0.1, 0.15) is 13.3 Å². The van der Waals surface area contributed by atoms with Crippen molar-refractivity contribution < 1.29 is 17.9 Å². The van der Waals surface area contributed by atoms with Crippen LogP contribution in [0.3, 0.4) is 0 Å². The van der Waals surface area contributed by atoms with Crippen LogP contribution in [-0.4, -0.2) is 34.4 Å². The van der Waals surface area contributed by atoms with Gasteiger partial charge in [-0.3, -0.25) is 0 Å². The molecule has 6 heteroatoms. The number of hydrogen-bond donors (Lipinski definition) is 1. The Balaban J connectivity index is 2.33. The fraction of sp³-hybridized carbons (Fsp3) is 0.500. The van der Waals surface area contributed by atoms with E-state index in [0.717, 1.165) is 0 Å². The molecule has 0 aromatic heterocycles. The van der Waals surface area contributed by atoms with E-state index in [9.17, 15) is 8.42 Å². The third-order valence-electron chi connectivity index (χ3n) is 2.21. The molecule has 0 aliphatic carbocycles. The molecule has 0 heterocycles. The lowest BCUT2D eigenvalue weighted by molar-refractivity contribution is 0.320. The maximum atomic E-state index is 11.4. The first kappa shape index (κ1) is 14.8. The lowest BCUT2D eigenvalue weighted by Crippen LogP contribution is -2.30. The van der Waals surface area contributed by atoms with Gasteiger partial charge in [-0.1, -0.05) is 13.0 Å². The number of sulfonamides is 1. The van der Waals surface area contributed by atoms with Gasteiger partial charge in [-0.25, -0.2) is 13.1 Å². The summed E-state index contributed by atoms with van der Waals surface area (Å²) in [5, 5.41) is 0. The Morgan fingerprint density at radius 3 is 2.67 bits per heavy atom. The Bertz CT molecular complexity index is 459. The first-order chi connectivity index (χ1) is 8.57. The summed E-state index contributed by atoms with van der Waals surface area (Å²) in [6.07, 6.45) is 0.603. The molecule has 0 saturated heterocycles. The van der Waals surface area contributed by atoms with E-state index in [1.165, 1.54) is 0 Å². The highest BCUT2D eigenvalue weighted by molar-refractivity contribution is 7.89. The van der Waals surface area contributed by atoms with Crippen molar-refractivity contribution in [3.8, 4) is 11.5 Å². The molecule has 0 amide bonds. The summed E-state index contributed by atoms with van der Waals surface area (Å²) in [6, 6.07) is 7.18. The van der Waals surface area contributed by atoms with Gasteiger partial charge in [0, 0.05) is 12.6 Å². The van der Waals surface area contributed by atoms with E-state index >= 15 is 0 Å². The van der Waals surface area contributed by atoms with Crippen LogP contribution < -0.4 is 14.2 Å². The Morgan fingerprint density at radius 2 is 2.00 bits per heavy atom. The monoisotopic (exact) mass is 273 g/mol. The standard InChI is InChI=1S/C12H19NO4S/c1-3-9-18(14,15)13-7-8-17-12-6-4-5-11(10-12)16-2/h4-6,10,13H,3,7-9H2,1-2H3. The molecular formula is C12H19NO4S. The fourth-order valence-electron chi connectivity index (χ4n) is 1.40. The summed E-state index contributed by atoms with van der Waals surface area (Å²) >= 11 is 0. The summed E-state index contributed by atoms with van der Waals surface area (Å²) in [4.78, 5) is 0. The maximum Gasteiger partial charge on any atom is 0.211 e. The van der Waals surface area contributed by atoms with Crippen molar-refractivity contribution in [3.05, 3.63) is 24.3 Å². The van der Waals surface area contributed by atoms with Crippen LogP contribution in [-0.2, 0) is 10.0 Å². The second-order valence-electron chi connectivity index (χ2n) is 3.74. The van der Waals surface area contributed by atoms with Crippen molar-refractivity contribution in [1.82, 2.24) is 4.72 Å². The Labute approximate surface area is 108 Å². The average molecular weight is 273 g/mol. The Hall–Kier alpha value is -1.27. The molecule has 0 bridgehead atoms. The van der Waals surface area contributed by atoms with Gasteiger partial charge in [0.25, 0.3) is 0 Å². The summed E-state index contributed by atoms with van der Waals surface area (Å²) in [7, 11) is -1.57. The topological polar surface area (TPSA) is 64.6 Å². The second kappa shape index (κ2) is 7.23. The molecule has 0 fully saturated rings. The molecule has 5 nitrogen and oxygen atoms in total. The zero-order chi connectivity index (χ0) is 13.4. The summed E-state index contributed by atoms with van der Waals surface area (Å²) < 4.78 is 35.7. The van der Waals surface area contributed by atoms with Crippen molar-refractivity contribution >= 4 is 10.0 Å². The minimum Gasteiger partial charge on any atom is -0.497 e. The average Bonchev–Trinajstić information content (AvgIpc) is 2.35. The number of benzene rings is 1. The number of ether oxygens (including phenoxy) is 2. The van der Waals surface area contributed by atoms with Gasteiger partial charge in [0.1, 0.15) is 18.1 Å². The first-order valence-corrected chi connectivity index (χ1v) is 7.47. The minimum atomic E-state index is -3.15. The van der Waals surface area contributed by atoms with Crippen LogP contribution in [0.5, 0.6) is 11.5 Å². The van der Waals surface area contributed by atoms with E-state index in [-0.39, 0.29) is 18.9 Å². The highest BCUT2D eigenvalue weighted by Crippen LogP contribution is 2.18. The van der Waals surface area contributed by atoms with Crippen LogP contribution in [0, 0.1) is 0 Å². The molecule has 1 aromatic carbocycles. The van der Waals surface area contributed by atoms with Gasteiger partial charge in [0.15, 0.2) is 0 Å². The molecule has 1 aromatic rings. The molecule has 0 aliphatic heterocycles. The summed E-state index contributed by atoms with van der Waals surface area (Å²) in [6.45, 7) is 2.38. The van der Waals surface area contributed by atoms with Crippen LogP contribution in [0.2, 0.25) is 0 Å². The molecule has 102 valence electrons. The van der Waals surface area contributed by atoms with Crippen LogP contribution in [0.4, 0.5) is 0 Å². The van der Waals surface area contributed by atoms with Crippen molar-refractivity contribution in [2.45, 2.75) is 13.3 Å². The number of hydrogen-bond acceptors (Lipinski definition) is 4. The van der Waals surface area contributed by atoms with Crippen molar-refractivity contribution in [3.63, 3.8) is 0 Å². The smallest absolute Gasteiger partial charge is 0.211 e. The van der Waals surface area contributed by atoms with E-state index < -0.39 is 10.0 Å². The van der Waals surface area contributed by atoms with Crippen LogP contribution in [0.25, 0.3) is 0 Å². The molecular weight excluding hydrogens is 254 g/mol. The number of methoxy groups -OCH3 is 1. The van der Waals surface area contributed by atoms with Crippen LogP contribution in [0.15, 0.2) is 24.3 Å². The molecule has 18 heavy (non-hydrogen) atoms. The fourth-order valence-corrected chi connectivity index (χ4v) is 2.47. The van der Waals surface area contributed by atoms with Crippen molar-refractivity contribution in [1.29, 1.82) is 0 Å². The molecule has 0 aliphatic rings. The number of nitrogens with one attached hydrogen (secondary N) is 1. The van der Waals surface area contributed by atoms with Gasteiger partial charge in [0.2, 0.25) is 10.0 Å². The Morgan fingerprint density at radius 1 is 1.28 bits per heavy atom. The van der Waals surface area contributed by atoms with Gasteiger partial charge >= 0.3 is 0 Å². The molecule has 0 radical (unpaired) electrons. The van der Waals surface area contributed by atoms with Gasteiger partial charge in [0.05, 0.1) is 12.9 Å². The second-order valence-corrected chi connectivity index (χ2v) is 5.67. The van der Waals surface area contributed by atoms with Gasteiger partial charge in [-0.15, -0.1) is 0 Å². The van der Waals surface area contributed by atoms with Crippen molar-refractivity contribution in [2.24, 2.45) is 0 Å². The molecule has 1 N–H and O–H groups in total. The third kappa shape index (κ3) is 5.37. The Kier molecular flexibility index (Phi) is 5.94. The number of rotatable bonds is 8. The quantitative estimate of drug-likeness (QED) is 0.727. The molecule has 0 saturated carbocycles. The lowest BCUT2D eigenvalue weighted by atomic mass is 10.3. The largest absolute Gasteiger partial charge is 0.497 e. The van der Waals surface area contributed by atoms with Crippen molar-refractivity contribution in [2.75, 3.05) is 26.0 Å². The van der Waals surface area contributed by atoms with E-state index in [4.69, 9.17) is 9.47 Å².